The summed E-state index contributed by atoms with van der Waals surface area (Å²) in [5.41, 5.74) is -0.0824. The van der Waals surface area contributed by atoms with E-state index in [9.17, 15) is 9.90 Å². The lowest BCUT2D eigenvalue weighted by atomic mass is 9.30. The molecule has 0 radical (unpaired) electrons. The molecule has 1 aromatic rings. The van der Waals surface area contributed by atoms with E-state index in [-0.39, 0.29) is 28.8 Å². The summed E-state index contributed by atoms with van der Waals surface area (Å²) < 4.78 is 6.02. The minimum atomic E-state index is -1.45. The summed E-state index contributed by atoms with van der Waals surface area (Å²) in [5.74, 6) is 3.32. The normalized spacial score (nSPS) is 50.5. The molecule has 5 fully saturated rings. The first-order valence-electron chi connectivity index (χ1n) is 17.1. The van der Waals surface area contributed by atoms with Crippen LogP contribution in [0.4, 0.5) is 0 Å². The zero-order valence-corrected chi connectivity index (χ0v) is 27.4. The van der Waals surface area contributed by atoms with Gasteiger partial charge in [-0.05, 0) is 127 Å². The third-order valence-corrected chi connectivity index (χ3v) is 15.7. The Hall–Kier alpha value is -1.35. The van der Waals surface area contributed by atoms with Gasteiger partial charge in [0.15, 0.2) is 5.60 Å². The van der Waals surface area contributed by atoms with E-state index in [1.807, 2.05) is 30.3 Å². The molecular weight excluding hydrogens is 504 g/mol. The summed E-state index contributed by atoms with van der Waals surface area (Å²) in [4.78, 5) is 14.1. The number of rotatable bonds is 3. The highest BCUT2D eigenvalue weighted by Gasteiger charge is 2.75. The van der Waals surface area contributed by atoms with Gasteiger partial charge in [-0.1, -0.05) is 85.7 Å². The van der Waals surface area contributed by atoms with Gasteiger partial charge in [-0.2, -0.15) is 0 Å². The monoisotopic (exact) mass is 562 g/mol. The average Bonchev–Trinajstić information content (AvgIpc) is 2.93. The Bertz CT molecular complexity index is 1160. The van der Waals surface area contributed by atoms with E-state index in [1.165, 1.54) is 38.5 Å². The van der Waals surface area contributed by atoms with Gasteiger partial charge in [0.2, 0.25) is 0 Å². The molecule has 0 aliphatic heterocycles. The Morgan fingerprint density at radius 3 is 2.22 bits per heavy atom. The molecule has 5 aliphatic rings. The van der Waals surface area contributed by atoms with E-state index in [1.54, 1.807) is 0 Å². The molecule has 5 aliphatic carbocycles. The molecule has 11 atom stereocenters. The van der Waals surface area contributed by atoms with Crippen molar-refractivity contribution in [3.63, 3.8) is 0 Å². The second-order valence-corrected chi connectivity index (χ2v) is 17.4. The van der Waals surface area contributed by atoms with Crippen molar-refractivity contribution in [1.82, 2.24) is 0 Å². The van der Waals surface area contributed by atoms with Crippen LogP contribution in [0.2, 0.25) is 0 Å². The van der Waals surface area contributed by atoms with Crippen molar-refractivity contribution in [2.75, 3.05) is 0 Å². The second kappa shape index (κ2) is 9.57. The van der Waals surface area contributed by atoms with E-state index in [2.05, 4.69) is 55.4 Å². The van der Waals surface area contributed by atoms with Gasteiger partial charge in [-0.25, -0.2) is 4.79 Å². The van der Waals surface area contributed by atoms with Crippen LogP contribution in [-0.2, 0) is 16.1 Å². The van der Waals surface area contributed by atoms with Crippen LogP contribution >= 0.6 is 0 Å². The molecule has 3 nitrogen and oxygen atoms in total. The summed E-state index contributed by atoms with van der Waals surface area (Å²) in [6.45, 7) is 20.3. The van der Waals surface area contributed by atoms with Gasteiger partial charge in [0.1, 0.15) is 6.61 Å². The number of aliphatic hydroxyl groups is 1. The molecule has 0 saturated heterocycles. The Labute approximate surface area is 250 Å². The van der Waals surface area contributed by atoms with Crippen LogP contribution in [0.1, 0.15) is 125 Å². The quantitative estimate of drug-likeness (QED) is 0.374. The minimum absolute atomic E-state index is 0.0955. The fraction of sp³-hybridized carbons (Fsp3) is 0.816. The van der Waals surface area contributed by atoms with Crippen molar-refractivity contribution in [2.45, 2.75) is 132 Å². The first-order chi connectivity index (χ1) is 19.1. The summed E-state index contributed by atoms with van der Waals surface area (Å²) in [7, 11) is 0. The third kappa shape index (κ3) is 3.95. The van der Waals surface area contributed by atoms with Crippen molar-refractivity contribution < 1.29 is 14.6 Å². The minimum Gasteiger partial charge on any atom is -0.459 e. The van der Waals surface area contributed by atoms with E-state index < -0.39 is 11.0 Å². The molecule has 228 valence electrons. The van der Waals surface area contributed by atoms with Crippen LogP contribution < -0.4 is 0 Å². The maximum absolute atomic E-state index is 14.1. The van der Waals surface area contributed by atoms with Crippen molar-refractivity contribution >= 4 is 5.97 Å². The zero-order chi connectivity index (χ0) is 29.6. The van der Waals surface area contributed by atoms with Crippen molar-refractivity contribution in [3.8, 4) is 0 Å². The number of hydrogen-bond acceptors (Lipinski definition) is 3. The van der Waals surface area contributed by atoms with Gasteiger partial charge < -0.3 is 9.84 Å². The Balaban J connectivity index is 1.38. The zero-order valence-electron chi connectivity index (χ0n) is 27.4. The molecule has 0 spiro atoms. The highest BCUT2D eigenvalue weighted by Crippen LogP contribution is 2.78. The summed E-state index contributed by atoms with van der Waals surface area (Å²) in [6, 6.07) is 9.93. The summed E-state index contributed by atoms with van der Waals surface area (Å²) in [6.07, 6.45) is 11.4. The van der Waals surface area contributed by atoms with E-state index >= 15 is 0 Å². The second-order valence-electron chi connectivity index (χ2n) is 17.4. The van der Waals surface area contributed by atoms with Gasteiger partial charge in [-0.3, -0.25) is 0 Å². The van der Waals surface area contributed by atoms with Crippen molar-refractivity contribution in [1.29, 1.82) is 0 Å². The van der Waals surface area contributed by atoms with Crippen LogP contribution in [0.15, 0.2) is 30.3 Å². The molecule has 41 heavy (non-hydrogen) atoms. The fourth-order valence-electron chi connectivity index (χ4n) is 12.8. The molecule has 0 bridgehead atoms. The highest BCUT2D eigenvalue weighted by molar-refractivity contribution is 5.81. The smallest absolute Gasteiger partial charge is 0.339 e. The lowest BCUT2D eigenvalue weighted by molar-refractivity contribution is -0.292. The Morgan fingerprint density at radius 2 is 1.51 bits per heavy atom. The first-order valence-corrected chi connectivity index (χ1v) is 17.1. The largest absolute Gasteiger partial charge is 0.459 e. The molecule has 0 aromatic heterocycles. The Morgan fingerprint density at radius 1 is 0.805 bits per heavy atom. The molecule has 5 saturated carbocycles. The topological polar surface area (TPSA) is 46.5 Å². The molecule has 0 amide bonds. The van der Waals surface area contributed by atoms with Gasteiger partial charge in [-0.15, -0.1) is 0 Å². The highest BCUT2D eigenvalue weighted by atomic mass is 16.5. The van der Waals surface area contributed by atoms with E-state index in [0.717, 1.165) is 48.5 Å². The number of ether oxygens (including phenoxy) is 1. The van der Waals surface area contributed by atoms with Crippen LogP contribution in [0.25, 0.3) is 0 Å². The number of benzene rings is 1. The molecule has 0 heterocycles. The maximum Gasteiger partial charge on any atom is 0.339 e. The van der Waals surface area contributed by atoms with Crippen LogP contribution in [0, 0.1) is 62.6 Å². The van der Waals surface area contributed by atoms with Crippen LogP contribution in [-0.4, -0.2) is 16.7 Å². The number of carbonyl (C=O) groups excluding carboxylic acids is 1. The van der Waals surface area contributed by atoms with E-state index in [4.69, 9.17) is 4.74 Å². The number of fused-ring (bicyclic) bond motifs is 7. The standard InChI is InChI=1S/C38H58O3/c1-25-16-18-34(5)21-22-35(6)28(31(34)26(25)2)14-15-30-36(35,7)19-17-29-33(3,4)20-23-38(40,37(29,30)8)32(39)41-24-27-12-10-9-11-13-27/h9-13,25-26,28-31,40H,14-24H2,1-8H3/t25-,26+,28-,29+,30+,31+,34-,35-,36-,37+,38?/m1/s1. The van der Waals surface area contributed by atoms with Crippen LogP contribution in [0.5, 0.6) is 0 Å². The van der Waals surface area contributed by atoms with Gasteiger partial charge in [0, 0.05) is 5.41 Å². The van der Waals surface area contributed by atoms with Gasteiger partial charge in [0.25, 0.3) is 0 Å². The van der Waals surface area contributed by atoms with Gasteiger partial charge >= 0.3 is 5.97 Å². The Kier molecular flexibility index (Phi) is 6.94. The SMILES string of the molecule is C[C@@H]1[C@H]2[C@H]3CC[C@@H]4[C@]5(C)[C@@H](CC[C@@]4(C)[C@]3(C)CC[C@@]2(C)CC[C@H]1C)C(C)(C)CCC5(O)C(=O)OCc1ccccc1. The molecule has 3 heteroatoms. The number of hydrogen-bond donors (Lipinski definition) is 1. The lowest BCUT2D eigenvalue weighted by Gasteiger charge is -2.75. The molecular formula is C38H58O3. The average molecular weight is 563 g/mol. The van der Waals surface area contributed by atoms with E-state index in [0.29, 0.717) is 23.7 Å². The number of esters is 1. The van der Waals surface area contributed by atoms with Gasteiger partial charge in [0.05, 0.1) is 0 Å². The van der Waals surface area contributed by atoms with Crippen molar-refractivity contribution in [3.05, 3.63) is 35.9 Å². The molecule has 1 N–H and O–H groups in total. The predicted molar refractivity (Wildman–Crippen MR) is 166 cm³/mol. The molecule has 1 aromatic carbocycles. The number of carbonyl (C=O) groups is 1. The fourth-order valence-corrected chi connectivity index (χ4v) is 12.8. The predicted octanol–water partition coefficient (Wildman–Crippen LogP) is 9.22. The molecule has 6 rings (SSSR count). The molecule has 1 unspecified atom stereocenters. The summed E-state index contributed by atoms with van der Waals surface area (Å²) >= 11 is 0. The third-order valence-electron chi connectivity index (χ3n) is 15.7. The maximum atomic E-state index is 14.1. The summed E-state index contributed by atoms with van der Waals surface area (Å²) in [5, 5.41) is 12.8. The van der Waals surface area contributed by atoms with Crippen LogP contribution in [0.3, 0.4) is 0 Å². The lowest BCUT2D eigenvalue weighted by Crippen LogP contribution is -2.73. The van der Waals surface area contributed by atoms with Crippen molar-refractivity contribution in [2.24, 2.45) is 62.6 Å². The first kappa shape index (κ1) is 29.7.